The van der Waals surface area contributed by atoms with Crippen molar-refractivity contribution in [3.05, 3.63) is 52.1 Å². The molecule has 1 aromatic carbocycles. The normalized spacial score (nSPS) is 15.7. The van der Waals surface area contributed by atoms with Crippen LogP contribution in [0.25, 0.3) is 10.1 Å². The Kier molecular flexibility index (Phi) is 5.67. The van der Waals surface area contributed by atoms with E-state index in [1.54, 1.807) is 7.05 Å². The lowest BCUT2D eigenvalue weighted by Gasteiger charge is -2.25. The van der Waals surface area contributed by atoms with Crippen LogP contribution in [-0.4, -0.2) is 49.6 Å². The number of hydrogen-bond donors (Lipinski definition) is 0. The molecule has 0 N–H and O–H groups in total. The number of rotatable bonds is 5. The van der Waals surface area contributed by atoms with Crippen LogP contribution in [0.15, 0.2) is 41.4 Å². The molecule has 0 aliphatic carbocycles. The molecule has 2 aromatic heterocycles. The molecule has 3 heterocycles. The molecule has 3 aromatic rings. The van der Waals surface area contributed by atoms with Gasteiger partial charge in [0.2, 0.25) is 10.0 Å². The molecule has 0 amide bonds. The summed E-state index contributed by atoms with van der Waals surface area (Å²) in [6, 6.07) is 9.04. The fourth-order valence-electron chi connectivity index (χ4n) is 3.18. The molecule has 0 radical (unpaired) electrons. The van der Waals surface area contributed by atoms with Gasteiger partial charge in [0.1, 0.15) is 17.2 Å². The van der Waals surface area contributed by atoms with E-state index in [9.17, 15) is 13.2 Å². The Labute approximate surface area is 177 Å². The minimum Gasteiger partial charge on any atom is -0.455 e. The minimum absolute atomic E-state index is 0.0216. The summed E-state index contributed by atoms with van der Waals surface area (Å²) in [6.07, 6.45) is 1.42. The maximum Gasteiger partial charge on any atom is 0.355 e. The van der Waals surface area contributed by atoms with Crippen molar-refractivity contribution < 1.29 is 22.7 Å². The Bertz CT molecular complexity index is 1160. The van der Waals surface area contributed by atoms with Crippen LogP contribution in [0.5, 0.6) is 0 Å². The van der Waals surface area contributed by atoms with E-state index < -0.39 is 16.0 Å². The molecule has 1 fully saturated rings. The van der Waals surface area contributed by atoms with E-state index >= 15 is 0 Å². The highest BCUT2D eigenvalue weighted by Gasteiger charge is 2.29. The molecule has 10 heteroatoms. The van der Waals surface area contributed by atoms with Crippen LogP contribution in [0.3, 0.4) is 0 Å². The number of halogens is 1. The van der Waals surface area contributed by atoms with Gasteiger partial charge in [-0.3, -0.25) is 0 Å². The highest BCUT2D eigenvalue weighted by molar-refractivity contribution is 7.89. The fourth-order valence-corrected chi connectivity index (χ4v) is 6.06. The molecule has 1 aliphatic rings. The number of esters is 1. The van der Waals surface area contributed by atoms with Gasteiger partial charge in [-0.1, -0.05) is 29.8 Å². The Morgan fingerprint density at radius 1 is 1.28 bits per heavy atom. The standard InChI is InChI=1S/C19H19ClN2O5S2/c1-21-11-13(29(24,25)22-6-8-26-9-7-22)10-15(21)19(23)27-12-17-18(20)14-4-2-3-5-16(14)28-17/h2-5,10-11H,6-9,12H2,1H3. The number of fused-ring (bicyclic) bond motifs is 1. The Balaban J connectivity index is 1.51. The summed E-state index contributed by atoms with van der Waals surface area (Å²) in [4.78, 5) is 13.4. The number of carbonyl (C=O) groups excluding carboxylic acids is 1. The SMILES string of the molecule is Cn1cc(S(=O)(=O)N2CCOCC2)cc1C(=O)OCc1sc2ccccc2c1Cl. The number of carbonyl (C=O) groups is 1. The Hall–Kier alpha value is -1.91. The zero-order chi connectivity index (χ0) is 20.6. The molecule has 4 rings (SSSR count). The van der Waals surface area contributed by atoms with Gasteiger partial charge in [-0.05, 0) is 12.1 Å². The largest absolute Gasteiger partial charge is 0.455 e. The summed E-state index contributed by atoms with van der Waals surface area (Å²) in [7, 11) is -2.07. The molecule has 29 heavy (non-hydrogen) atoms. The van der Waals surface area contributed by atoms with Crippen LogP contribution in [0.4, 0.5) is 0 Å². The van der Waals surface area contributed by atoms with E-state index in [1.807, 2.05) is 24.3 Å². The van der Waals surface area contributed by atoms with Gasteiger partial charge in [-0.2, -0.15) is 4.31 Å². The predicted octanol–water partition coefficient (Wildman–Crippen LogP) is 3.27. The predicted molar refractivity (Wildman–Crippen MR) is 111 cm³/mol. The van der Waals surface area contributed by atoms with Gasteiger partial charge in [0.15, 0.2) is 0 Å². The molecule has 0 bridgehead atoms. The van der Waals surface area contributed by atoms with Crippen molar-refractivity contribution in [1.82, 2.24) is 8.87 Å². The molecule has 7 nitrogen and oxygen atoms in total. The maximum absolute atomic E-state index is 12.8. The summed E-state index contributed by atoms with van der Waals surface area (Å²) < 4.78 is 40.0. The van der Waals surface area contributed by atoms with Crippen LogP contribution in [0, 0.1) is 0 Å². The van der Waals surface area contributed by atoms with Crippen molar-refractivity contribution in [2.24, 2.45) is 7.05 Å². The second kappa shape index (κ2) is 8.08. The van der Waals surface area contributed by atoms with Crippen LogP contribution in [0.2, 0.25) is 5.02 Å². The molecular weight excluding hydrogens is 436 g/mol. The van der Waals surface area contributed by atoms with Crippen LogP contribution >= 0.6 is 22.9 Å². The Morgan fingerprint density at radius 3 is 2.72 bits per heavy atom. The van der Waals surface area contributed by atoms with Gasteiger partial charge in [0.25, 0.3) is 0 Å². The van der Waals surface area contributed by atoms with E-state index in [-0.39, 0.29) is 17.2 Å². The second-order valence-electron chi connectivity index (χ2n) is 6.60. The average Bonchev–Trinajstić information content (AvgIpc) is 3.28. The van der Waals surface area contributed by atoms with Crippen molar-refractivity contribution in [3.63, 3.8) is 0 Å². The van der Waals surface area contributed by atoms with E-state index in [2.05, 4.69) is 0 Å². The number of aryl methyl sites for hydroxylation is 1. The quantitative estimate of drug-likeness (QED) is 0.553. The van der Waals surface area contributed by atoms with Gasteiger partial charge < -0.3 is 14.0 Å². The number of sulfonamides is 1. The number of nitrogens with zero attached hydrogens (tertiary/aromatic N) is 2. The lowest BCUT2D eigenvalue weighted by Crippen LogP contribution is -2.40. The number of ether oxygens (including phenoxy) is 2. The number of benzene rings is 1. The summed E-state index contributed by atoms with van der Waals surface area (Å²) in [5.74, 6) is -0.607. The summed E-state index contributed by atoms with van der Waals surface area (Å²) in [6.45, 7) is 1.32. The van der Waals surface area contributed by atoms with E-state index in [1.165, 1.54) is 32.5 Å². The molecule has 0 unspecified atom stereocenters. The highest BCUT2D eigenvalue weighted by Crippen LogP contribution is 2.35. The highest BCUT2D eigenvalue weighted by atomic mass is 35.5. The number of thiophene rings is 1. The van der Waals surface area contributed by atoms with Crippen molar-refractivity contribution in [3.8, 4) is 0 Å². The Morgan fingerprint density at radius 2 is 2.00 bits per heavy atom. The third-order valence-electron chi connectivity index (χ3n) is 4.73. The van der Waals surface area contributed by atoms with Gasteiger partial charge >= 0.3 is 5.97 Å². The average molecular weight is 455 g/mol. The zero-order valence-electron chi connectivity index (χ0n) is 15.6. The van der Waals surface area contributed by atoms with Crippen molar-refractivity contribution in [1.29, 1.82) is 0 Å². The minimum atomic E-state index is -3.68. The first-order valence-electron chi connectivity index (χ1n) is 8.95. The number of aromatic nitrogens is 1. The van der Waals surface area contributed by atoms with Crippen LogP contribution in [0.1, 0.15) is 15.4 Å². The van der Waals surface area contributed by atoms with E-state index in [4.69, 9.17) is 21.1 Å². The third-order valence-corrected chi connectivity index (χ3v) is 8.28. The molecule has 1 aliphatic heterocycles. The van der Waals surface area contributed by atoms with Crippen molar-refractivity contribution in [2.75, 3.05) is 26.3 Å². The molecular formula is C19H19ClN2O5S2. The maximum atomic E-state index is 12.8. The molecule has 0 atom stereocenters. The number of morpholine rings is 1. The summed E-state index contributed by atoms with van der Waals surface area (Å²) in [5.41, 5.74) is 0.161. The smallest absolute Gasteiger partial charge is 0.355 e. The third kappa shape index (κ3) is 3.93. The topological polar surface area (TPSA) is 77.8 Å². The summed E-state index contributed by atoms with van der Waals surface area (Å²) >= 11 is 7.85. The van der Waals surface area contributed by atoms with Gasteiger partial charge in [-0.25, -0.2) is 13.2 Å². The van der Waals surface area contributed by atoms with Crippen molar-refractivity contribution >= 4 is 49.0 Å². The molecule has 154 valence electrons. The van der Waals surface area contributed by atoms with E-state index in [0.717, 1.165) is 15.0 Å². The second-order valence-corrected chi connectivity index (χ2v) is 10.1. The van der Waals surface area contributed by atoms with Gasteiger partial charge in [-0.15, -0.1) is 11.3 Å². The van der Waals surface area contributed by atoms with Crippen LogP contribution < -0.4 is 0 Å². The van der Waals surface area contributed by atoms with Crippen LogP contribution in [-0.2, 0) is 33.2 Å². The number of hydrogen-bond acceptors (Lipinski definition) is 6. The summed E-state index contributed by atoms with van der Waals surface area (Å²) in [5, 5.41) is 1.49. The zero-order valence-corrected chi connectivity index (χ0v) is 18.0. The van der Waals surface area contributed by atoms with Crippen molar-refractivity contribution in [2.45, 2.75) is 11.5 Å². The fraction of sp³-hybridized carbons (Fsp3) is 0.316. The lowest BCUT2D eigenvalue weighted by molar-refractivity contribution is 0.0465. The van der Waals surface area contributed by atoms with Gasteiger partial charge in [0.05, 0.1) is 23.1 Å². The molecule has 0 saturated carbocycles. The monoisotopic (exact) mass is 454 g/mol. The molecule has 1 saturated heterocycles. The first-order valence-corrected chi connectivity index (χ1v) is 11.6. The first kappa shape index (κ1) is 20.4. The van der Waals surface area contributed by atoms with E-state index in [0.29, 0.717) is 31.3 Å². The first-order chi connectivity index (χ1) is 13.9. The molecule has 0 spiro atoms. The van der Waals surface area contributed by atoms with Gasteiger partial charge in [0, 0.05) is 36.4 Å². The lowest BCUT2D eigenvalue weighted by atomic mass is 10.2.